The van der Waals surface area contributed by atoms with E-state index in [1.807, 2.05) is 0 Å². The minimum atomic E-state index is -3.43. The molecule has 1 aliphatic heterocycles. The van der Waals surface area contributed by atoms with E-state index in [0.717, 1.165) is 12.8 Å². The molecule has 1 aliphatic rings. The van der Waals surface area contributed by atoms with Gasteiger partial charge in [0.2, 0.25) is 0 Å². The largest absolute Gasteiger partial charge is 0.311 e. The molecule has 8 heteroatoms. The molecule has 0 aromatic carbocycles. The van der Waals surface area contributed by atoms with Crippen molar-refractivity contribution >= 4 is 10.2 Å². The molecule has 2 heterocycles. The summed E-state index contributed by atoms with van der Waals surface area (Å²) in [6, 6.07) is 1.41. The Kier molecular flexibility index (Phi) is 5.13. The van der Waals surface area contributed by atoms with E-state index in [2.05, 4.69) is 21.6 Å². The number of piperidine rings is 1. The molecule has 21 heavy (non-hydrogen) atoms. The zero-order chi connectivity index (χ0) is 15.5. The summed E-state index contributed by atoms with van der Waals surface area (Å²) in [5, 5.41) is 0. The Hall–Kier alpha value is -1.25. The molecule has 0 radical (unpaired) electrons. The second-order valence-corrected chi connectivity index (χ2v) is 7.32. The normalized spacial score (nSPS) is 18.0. The Balaban J connectivity index is 1.88. The molecule has 0 saturated carbocycles. The summed E-state index contributed by atoms with van der Waals surface area (Å²) in [4.78, 5) is 18.1. The topological polar surface area (TPSA) is 95.2 Å². The maximum absolute atomic E-state index is 12.1. The van der Waals surface area contributed by atoms with Crippen LogP contribution in [0.5, 0.6) is 0 Å². The van der Waals surface area contributed by atoms with Crippen LogP contribution in [0.3, 0.4) is 0 Å². The first kappa shape index (κ1) is 16.1. The monoisotopic (exact) mass is 314 g/mol. The Morgan fingerprint density at radius 3 is 2.71 bits per heavy atom. The van der Waals surface area contributed by atoms with Crippen molar-refractivity contribution in [3.8, 4) is 0 Å². The predicted molar refractivity (Wildman–Crippen MR) is 80.2 cm³/mol. The van der Waals surface area contributed by atoms with Gasteiger partial charge in [0.25, 0.3) is 15.8 Å². The number of nitrogens with one attached hydrogen (secondary N) is 2. The van der Waals surface area contributed by atoms with Gasteiger partial charge >= 0.3 is 0 Å². The number of aryl methyl sites for hydroxylation is 1. The van der Waals surface area contributed by atoms with Gasteiger partial charge < -0.3 is 4.98 Å². The first-order valence-electron chi connectivity index (χ1n) is 7.18. The fraction of sp³-hybridized carbons (Fsp3) is 0.692. The lowest BCUT2D eigenvalue weighted by atomic mass is 10.0. The summed E-state index contributed by atoms with van der Waals surface area (Å²) in [5.41, 5.74) is 0.409. The van der Waals surface area contributed by atoms with Crippen molar-refractivity contribution < 1.29 is 8.42 Å². The van der Waals surface area contributed by atoms with E-state index in [1.54, 1.807) is 6.92 Å². The zero-order valence-corrected chi connectivity index (χ0v) is 13.2. The molecule has 1 fully saturated rings. The Labute approximate surface area is 125 Å². The minimum absolute atomic E-state index is 0.217. The van der Waals surface area contributed by atoms with Crippen molar-refractivity contribution in [1.82, 2.24) is 19.0 Å². The van der Waals surface area contributed by atoms with E-state index in [9.17, 15) is 13.2 Å². The molecule has 0 unspecified atom stereocenters. The number of H-pyrrole nitrogens is 1. The van der Waals surface area contributed by atoms with Gasteiger partial charge in [0, 0.05) is 37.8 Å². The maximum Gasteiger partial charge on any atom is 0.279 e. The second-order valence-electron chi connectivity index (χ2n) is 5.56. The van der Waals surface area contributed by atoms with Gasteiger partial charge in [-0.25, -0.2) is 9.71 Å². The van der Waals surface area contributed by atoms with Crippen LogP contribution >= 0.6 is 0 Å². The molecule has 2 rings (SSSR count). The van der Waals surface area contributed by atoms with Crippen molar-refractivity contribution in [2.75, 3.05) is 19.6 Å². The van der Waals surface area contributed by atoms with E-state index in [-0.39, 0.29) is 12.1 Å². The van der Waals surface area contributed by atoms with Gasteiger partial charge in [-0.15, -0.1) is 0 Å². The Morgan fingerprint density at radius 1 is 1.43 bits per heavy atom. The van der Waals surface area contributed by atoms with Gasteiger partial charge in [0.1, 0.15) is 5.82 Å². The lowest BCUT2D eigenvalue weighted by Crippen LogP contribution is -2.45. The molecule has 0 amide bonds. The van der Waals surface area contributed by atoms with Crippen molar-refractivity contribution in [3.05, 3.63) is 27.9 Å². The summed E-state index contributed by atoms with van der Waals surface area (Å²) < 4.78 is 28.3. The number of hydrogen-bond acceptors (Lipinski definition) is 4. The van der Waals surface area contributed by atoms with Crippen molar-refractivity contribution in [1.29, 1.82) is 0 Å². The van der Waals surface area contributed by atoms with Gasteiger partial charge in [-0.1, -0.05) is 6.92 Å². The number of nitrogens with zero attached hydrogens (tertiary/aromatic N) is 2. The van der Waals surface area contributed by atoms with Crippen molar-refractivity contribution in [2.45, 2.75) is 33.1 Å². The quantitative estimate of drug-likeness (QED) is 0.811. The molecule has 0 bridgehead atoms. The summed E-state index contributed by atoms with van der Waals surface area (Å²) in [5.74, 6) is 1.08. The highest BCUT2D eigenvalue weighted by atomic mass is 32.2. The van der Waals surface area contributed by atoms with Crippen molar-refractivity contribution in [2.24, 2.45) is 5.92 Å². The number of rotatable bonds is 5. The molecule has 118 valence electrons. The lowest BCUT2D eigenvalue weighted by molar-refractivity contribution is 0.285. The molecule has 0 atom stereocenters. The Bertz CT molecular complexity index is 633. The van der Waals surface area contributed by atoms with Crippen LogP contribution in [0.2, 0.25) is 0 Å². The summed E-state index contributed by atoms with van der Waals surface area (Å²) in [7, 11) is -3.43. The van der Waals surface area contributed by atoms with E-state index < -0.39 is 10.2 Å². The second kappa shape index (κ2) is 6.67. The van der Waals surface area contributed by atoms with Gasteiger partial charge in [-0.3, -0.25) is 4.79 Å². The first-order valence-corrected chi connectivity index (χ1v) is 8.62. The highest BCUT2D eigenvalue weighted by Crippen LogP contribution is 2.17. The zero-order valence-electron chi connectivity index (χ0n) is 12.4. The number of hydrogen-bond donors (Lipinski definition) is 2. The molecule has 1 aromatic rings. The predicted octanol–water partition coefficient (Wildman–Crippen LogP) is 0.187. The highest BCUT2D eigenvalue weighted by molar-refractivity contribution is 7.87. The fourth-order valence-electron chi connectivity index (χ4n) is 2.37. The van der Waals surface area contributed by atoms with Crippen LogP contribution in [0.1, 0.15) is 31.3 Å². The number of aromatic amines is 1. The summed E-state index contributed by atoms with van der Waals surface area (Å²) >= 11 is 0. The molecule has 1 aromatic heterocycles. The fourth-order valence-corrected chi connectivity index (χ4v) is 3.61. The summed E-state index contributed by atoms with van der Waals surface area (Å²) in [6.45, 7) is 5.22. The molecule has 0 spiro atoms. The van der Waals surface area contributed by atoms with Crippen LogP contribution in [0.15, 0.2) is 10.9 Å². The van der Waals surface area contributed by atoms with E-state index in [0.29, 0.717) is 36.9 Å². The SMILES string of the molecule is Cc1cc(=O)[nH]c(CCNS(=O)(=O)N2CCC(C)CC2)n1. The van der Waals surface area contributed by atoms with Gasteiger partial charge in [0.05, 0.1) is 0 Å². The minimum Gasteiger partial charge on any atom is -0.311 e. The summed E-state index contributed by atoms with van der Waals surface area (Å²) in [6.07, 6.45) is 2.15. The van der Waals surface area contributed by atoms with Crippen LogP contribution in [0.25, 0.3) is 0 Å². The first-order chi connectivity index (χ1) is 9.87. The smallest absolute Gasteiger partial charge is 0.279 e. The van der Waals surface area contributed by atoms with Crippen molar-refractivity contribution in [3.63, 3.8) is 0 Å². The van der Waals surface area contributed by atoms with E-state index >= 15 is 0 Å². The van der Waals surface area contributed by atoms with E-state index in [1.165, 1.54) is 10.4 Å². The average molecular weight is 314 g/mol. The number of aromatic nitrogens is 2. The van der Waals surface area contributed by atoms with Crippen LogP contribution in [-0.2, 0) is 16.6 Å². The van der Waals surface area contributed by atoms with Gasteiger partial charge in [-0.2, -0.15) is 12.7 Å². The average Bonchev–Trinajstić information content (AvgIpc) is 2.37. The highest BCUT2D eigenvalue weighted by Gasteiger charge is 2.25. The van der Waals surface area contributed by atoms with Crippen LogP contribution in [-0.4, -0.2) is 42.3 Å². The standard InChI is InChI=1S/C13H22N4O3S/c1-10-4-7-17(8-5-10)21(19,20)14-6-3-12-15-11(2)9-13(18)16-12/h9-10,14H,3-8H2,1-2H3,(H,15,16,18). The molecule has 1 saturated heterocycles. The molecule has 2 N–H and O–H groups in total. The van der Waals surface area contributed by atoms with E-state index in [4.69, 9.17) is 0 Å². The third-order valence-electron chi connectivity index (χ3n) is 3.65. The van der Waals surface area contributed by atoms with Crippen LogP contribution in [0.4, 0.5) is 0 Å². The molecule has 0 aliphatic carbocycles. The molecule has 7 nitrogen and oxygen atoms in total. The molecular weight excluding hydrogens is 292 g/mol. The van der Waals surface area contributed by atoms with Crippen LogP contribution in [0, 0.1) is 12.8 Å². The van der Waals surface area contributed by atoms with Gasteiger partial charge in [-0.05, 0) is 25.7 Å². The maximum atomic E-state index is 12.1. The lowest BCUT2D eigenvalue weighted by Gasteiger charge is -2.29. The Morgan fingerprint density at radius 2 is 2.10 bits per heavy atom. The van der Waals surface area contributed by atoms with Crippen LogP contribution < -0.4 is 10.3 Å². The third-order valence-corrected chi connectivity index (χ3v) is 5.26. The van der Waals surface area contributed by atoms with Gasteiger partial charge in [0.15, 0.2) is 0 Å². The third kappa shape index (κ3) is 4.62. The molecular formula is C13H22N4O3S.